The lowest BCUT2D eigenvalue weighted by Gasteiger charge is -2.18. The minimum Gasteiger partial charge on any atom is -0.497 e. The molecule has 1 aliphatic rings. The van der Waals surface area contributed by atoms with Crippen LogP contribution >= 0.6 is 0 Å². The van der Waals surface area contributed by atoms with Crippen LogP contribution in [0.4, 0.5) is 0 Å². The molecule has 2 rings (SSSR count). The molecule has 5 nitrogen and oxygen atoms in total. The number of carbonyl (C=O) groups excluding carboxylic acids is 1. The third-order valence-corrected chi connectivity index (χ3v) is 3.63. The topological polar surface area (TPSA) is 64.8 Å². The second-order valence-electron chi connectivity index (χ2n) is 4.85. The lowest BCUT2D eigenvalue weighted by molar-refractivity contribution is -0.131. The number of rotatable bonds is 4. The molecule has 19 heavy (non-hydrogen) atoms. The fraction of sp³-hybridized carbons (Fsp3) is 0.500. The van der Waals surface area contributed by atoms with Crippen LogP contribution in [0.3, 0.4) is 0 Å². The molecule has 0 spiro atoms. The fourth-order valence-electron chi connectivity index (χ4n) is 2.30. The van der Waals surface area contributed by atoms with Crippen LogP contribution in [-0.2, 0) is 11.3 Å². The zero-order valence-corrected chi connectivity index (χ0v) is 11.6. The van der Waals surface area contributed by atoms with E-state index < -0.39 is 0 Å². The molecule has 1 fully saturated rings. The fourth-order valence-corrected chi connectivity index (χ4v) is 2.30. The van der Waals surface area contributed by atoms with Gasteiger partial charge in [0.05, 0.1) is 20.1 Å². The quantitative estimate of drug-likeness (QED) is 0.881. The van der Waals surface area contributed by atoms with Gasteiger partial charge in [0.1, 0.15) is 11.5 Å². The van der Waals surface area contributed by atoms with Crippen molar-refractivity contribution in [1.82, 2.24) is 4.90 Å². The van der Waals surface area contributed by atoms with E-state index in [2.05, 4.69) is 0 Å². The van der Waals surface area contributed by atoms with Crippen LogP contribution in [0.2, 0.25) is 0 Å². The normalized spacial score (nSPS) is 22.7. The predicted molar refractivity (Wildman–Crippen MR) is 72.1 cm³/mol. The Morgan fingerprint density at radius 3 is 2.63 bits per heavy atom. The molecule has 0 unspecified atom stereocenters. The third-order valence-electron chi connectivity index (χ3n) is 3.63. The van der Waals surface area contributed by atoms with Gasteiger partial charge in [-0.3, -0.25) is 4.79 Å². The molecule has 1 aromatic rings. The highest BCUT2D eigenvalue weighted by Gasteiger charge is 2.34. The first-order chi connectivity index (χ1) is 9.06. The molecule has 5 heteroatoms. The molecule has 0 saturated carbocycles. The van der Waals surface area contributed by atoms with E-state index in [1.165, 1.54) is 0 Å². The average Bonchev–Trinajstić information content (AvgIpc) is 2.67. The van der Waals surface area contributed by atoms with Crippen LogP contribution in [0.15, 0.2) is 18.2 Å². The molecule has 0 aliphatic carbocycles. The van der Waals surface area contributed by atoms with Gasteiger partial charge in [-0.05, 0) is 12.1 Å². The predicted octanol–water partition coefficient (Wildman–Crippen LogP) is 1.01. The molecule has 2 atom stereocenters. The van der Waals surface area contributed by atoms with Crippen molar-refractivity contribution in [2.45, 2.75) is 19.5 Å². The van der Waals surface area contributed by atoms with E-state index >= 15 is 0 Å². The molecule has 1 saturated heterocycles. The van der Waals surface area contributed by atoms with Gasteiger partial charge < -0.3 is 20.1 Å². The minimum absolute atomic E-state index is 0.0863. The molecule has 0 aromatic heterocycles. The van der Waals surface area contributed by atoms with Crippen molar-refractivity contribution in [2.75, 3.05) is 20.8 Å². The SMILES string of the molecule is COc1ccc(CN2C[C@@H](N)[C@H](C)C2=O)c(OC)c1. The van der Waals surface area contributed by atoms with Crippen molar-refractivity contribution in [3.63, 3.8) is 0 Å². The highest BCUT2D eigenvalue weighted by atomic mass is 16.5. The van der Waals surface area contributed by atoms with Gasteiger partial charge in [0, 0.05) is 30.8 Å². The first kappa shape index (κ1) is 13.7. The Morgan fingerprint density at radius 2 is 2.11 bits per heavy atom. The molecule has 1 heterocycles. The van der Waals surface area contributed by atoms with Crippen LogP contribution in [-0.4, -0.2) is 37.6 Å². The van der Waals surface area contributed by atoms with Gasteiger partial charge in [-0.1, -0.05) is 6.92 Å². The van der Waals surface area contributed by atoms with Crippen molar-refractivity contribution >= 4 is 5.91 Å². The summed E-state index contributed by atoms with van der Waals surface area (Å²) >= 11 is 0. The van der Waals surface area contributed by atoms with Gasteiger partial charge >= 0.3 is 0 Å². The second kappa shape index (κ2) is 5.48. The molecule has 1 aromatic carbocycles. The monoisotopic (exact) mass is 264 g/mol. The first-order valence-electron chi connectivity index (χ1n) is 6.32. The lowest BCUT2D eigenvalue weighted by Crippen LogP contribution is -2.28. The minimum atomic E-state index is -0.107. The largest absolute Gasteiger partial charge is 0.497 e. The highest BCUT2D eigenvalue weighted by Crippen LogP contribution is 2.27. The number of methoxy groups -OCH3 is 2. The van der Waals surface area contributed by atoms with Gasteiger partial charge in [-0.15, -0.1) is 0 Å². The van der Waals surface area contributed by atoms with Crippen LogP contribution < -0.4 is 15.2 Å². The molecule has 2 N–H and O–H groups in total. The van der Waals surface area contributed by atoms with E-state index in [1.807, 2.05) is 25.1 Å². The standard InChI is InChI=1S/C14H20N2O3/c1-9-12(15)8-16(14(9)17)7-10-4-5-11(18-2)6-13(10)19-3/h4-6,9,12H,7-8,15H2,1-3H3/t9-,12+/m0/s1. The zero-order chi connectivity index (χ0) is 14.0. The van der Waals surface area contributed by atoms with Crippen molar-refractivity contribution in [1.29, 1.82) is 0 Å². The molecular formula is C14H20N2O3. The maximum Gasteiger partial charge on any atom is 0.227 e. The van der Waals surface area contributed by atoms with E-state index in [-0.39, 0.29) is 17.9 Å². The van der Waals surface area contributed by atoms with Gasteiger partial charge in [0.15, 0.2) is 0 Å². The Morgan fingerprint density at radius 1 is 1.37 bits per heavy atom. The molecule has 1 amide bonds. The molecule has 1 aliphatic heterocycles. The van der Waals surface area contributed by atoms with Crippen molar-refractivity contribution in [2.24, 2.45) is 11.7 Å². The zero-order valence-electron chi connectivity index (χ0n) is 11.6. The Balaban J connectivity index is 2.17. The summed E-state index contributed by atoms with van der Waals surface area (Å²) < 4.78 is 10.5. The van der Waals surface area contributed by atoms with Crippen molar-refractivity contribution < 1.29 is 14.3 Å². The number of likely N-dealkylation sites (tertiary alicyclic amines) is 1. The summed E-state index contributed by atoms with van der Waals surface area (Å²) in [6.45, 7) is 2.98. The summed E-state index contributed by atoms with van der Waals surface area (Å²) in [5, 5.41) is 0. The molecule has 0 bridgehead atoms. The van der Waals surface area contributed by atoms with Crippen LogP contribution in [0.25, 0.3) is 0 Å². The Bertz CT molecular complexity index is 476. The number of ether oxygens (including phenoxy) is 2. The smallest absolute Gasteiger partial charge is 0.227 e. The Hall–Kier alpha value is -1.75. The summed E-state index contributed by atoms with van der Waals surface area (Å²) in [7, 11) is 3.22. The maximum atomic E-state index is 12.0. The first-order valence-corrected chi connectivity index (χ1v) is 6.32. The Labute approximate surface area is 113 Å². The number of nitrogens with two attached hydrogens (primary N) is 1. The van der Waals surface area contributed by atoms with E-state index in [4.69, 9.17) is 15.2 Å². The number of benzene rings is 1. The van der Waals surface area contributed by atoms with E-state index in [1.54, 1.807) is 19.1 Å². The van der Waals surface area contributed by atoms with Gasteiger partial charge in [-0.25, -0.2) is 0 Å². The summed E-state index contributed by atoms with van der Waals surface area (Å²) in [6.07, 6.45) is 0. The lowest BCUT2D eigenvalue weighted by atomic mass is 10.1. The van der Waals surface area contributed by atoms with E-state index in [0.29, 0.717) is 13.1 Å². The van der Waals surface area contributed by atoms with E-state index in [0.717, 1.165) is 17.1 Å². The number of carbonyl (C=O) groups is 1. The number of nitrogens with zero attached hydrogens (tertiary/aromatic N) is 1. The summed E-state index contributed by atoms with van der Waals surface area (Å²) in [5.41, 5.74) is 6.87. The van der Waals surface area contributed by atoms with Crippen LogP contribution in [0, 0.1) is 5.92 Å². The van der Waals surface area contributed by atoms with Crippen molar-refractivity contribution in [3.05, 3.63) is 23.8 Å². The molecular weight excluding hydrogens is 244 g/mol. The maximum absolute atomic E-state index is 12.0. The molecule has 0 radical (unpaired) electrons. The Kier molecular flexibility index (Phi) is 3.95. The number of hydrogen-bond donors (Lipinski definition) is 1. The summed E-state index contributed by atoms with van der Waals surface area (Å²) in [4.78, 5) is 13.8. The van der Waals surface area contributed by atoms with Gasteiger partial charge in [0.2, 0.25) is 5.91 Å². The third kappa shape index (κ3) is 2.66. The van der Waals surface area contributed by atoms with Crippen LogP contribution in [0.1, 0.15) is 12.5 Å². The average molecular weight is 264 g/mol. The second-order valence-corrected chi connectivity index (χ2v) is 4.85. The highest BCUT2D eigenvalue weighted by molar-refractivity contribution is 5.81. The summed E-state index contributed by atoms with van der Waals surface area (Å²) in [5.74, 6) is 1.45. The van der Waals surface area contributed by atoms with Crippen molar-refractivity contribution in [3.8, 4) is 11.5 Å². The summed E-state index contributed by atoms with van der Waals surface area (Å²) in [6, 6.07) is 5.51. The van der Waals surface area contributed by atoms with Gasteiger partial charge in [0.25, 0.3) is 0 Å². The number of hydrogen-bond acceptors (Lipinski definition) is 4. The number of amides is 1. The van der Waals surface area contributed by atoms with Crippen LogP contribution in [0.5, 0.6) is 11.5 Å². The van der Waals surface area contributed by atoms with Gasteiger partial charge in [-0.2, -0.15) is 0 Å². The molecule has 104 valence electrons. The van der Waals surface area contributed by atoms with E-state index in [9.17, 15) is 4.79 Å².